The van der Waals surface area contributed by atoms with Crippen LogP contribution in [0.4, 0.5) is 5.69 Å². The van der Waals surface area contributed by atoms with Crippen molar-refractivity contribution >= 4 is 23.2 Å². The maximum atomic E-state index is 12.8. The van der Waals surface area contributed by atoms with Gasteiger partial charge >= 0.3 is 0 Å². The molecule has 1 saturated heterocycles. The minimum absolute atomic E-state index is 0.0687. The lowest BCUT2D eigenvalue weighted by molar-refractivity contribution is -0.140. The number of alkyl halides is 1. The SMILES string of the molecule is COC1(C(=O)Nc2ccc(=O)n(CC3CCCCC3Cl)c2)CCNCC1. The molecule has 0 bridgehead atoms. The van der Waals surface area contributed by atoms with E-state index in [1.807, 2.05) is 0 Å². The van der Waals surface area contributed by atoms with Gasteiger partial charge in [0.05, 0.1) is 5.69 Å². The molecule has 1 saturated carbocycles. The van der Waals surface area contributed by atoms with Gasteiger partial charge in [-0.1, -0.05) is 12.8 Å². The second kappa shape index (κ2) is 8.55. The van der Waals surface area contributed by atoms with Crippen LogP contribution >= 0.6 is 11.6 Å². The number of methoxy groups -OCH3 is 1. The molecule has 26 heavy (non-hydrogen) atoms. The molecule has 1 aromatic rings. The Morgan fingerprint density at radius 3 is 2.77 bits per heavy atom. The Bertz CT molecular complexity index is 685. The van der Waals surface area contributed by atoms with E-state index in [0.717, 1.165) is 38.8 Å². The zero-order chi connectivity index (χ0) is 18.6. The lowest BCUT2D eigenvalue weighted by Crippen LogP contribution is -2.51. The highest BCUT2D eigenvalue weighted by Crippen LogP contribution is 2.30. The van der Waals surface area contributed by atoms with Gasteiger partial charge in [-0.25, -0.2) is 0 Å². The fourth-order valence-corrected chi connectivity index (χ4v) is 4.33. The summed E-state index contributed by atoms with van der Waals surface area (Å²) in [6.07, 6.45) is 7.34. The number of nitrogens with zero attached hydrogens (tertiary/aromatic N) is 1. The van der Waals surface area contributed by atoms with Gasteiger partial charge in [0.15, 0.2) is 0 Å². The molecule has 1 amide bonds. The maximum absolute atomic E-state index is 12.8. The number of amides is 1. The molecular formula is C19H28ClN3O3. The van der Waals surface area contributed by atoms with E-state index < -0.39 is 5.60 Å². The minimum Gasteiger partial charge on any atom is -0.368 e. The Kier molecular flexibility index (Phi) is 6.37. The van der Waals surface area contributed by atoms with E-state index in [1.165, 1.54) is 6.07 Å². The van der Waals surface area contributed by atoms with Crippen LogP contribution in [0.1, 0.15) is 38.5 Å². The van der Waals surface area contributed by atoms with Crippen molar-refractivity contribution in [3.05, 3.63) is 28.7 Å². The van der Waals surface area contributed by atoms with E-state index in [0.29, 0.717) is 31.0 Å². The molecule has 1 aliphatic carbocycles. The summed E-state index contributed by atoms with van der Waals surface area (Å²) in [5.74, 6) is 0.142. The van der Waals surface area contributed by atoms with Crippen LogP contribution in [0.25, 0.3) is 0 Å². The van der Waals surface area contributed by atoms with Gasteiger partial charge in [-0.3, -0.25) is 9.59 Å². The summed E-state index contributed by atoms with van der Waals surface area (Å²) in [4.78, 5) is 25.0. The van der Waals surface area contributed by atoms with Crippen molar-refractivity contribution in [1.29, 1.82) is 0 Å². The van der Waals surface area contributed by atoms with Crippen LogP contribution in [-0.4, -0.2) is 41.7 Å². The number of halogens is 1. The van der Waals surface area contributed by atoms with Crippen molar-refractivity contribution in [2.75, 3.05) is 25.5 Å². The van der Waals surface area contributed by atoms with Gasteiger partial charge in [0.25, 0.3) is 11.5 Å². The molecule has 1 aromatic heterocycles. The number of anilines is 1. The van der Waals surface area contributed by atoms with Gasteiger partial charge in [0, 0.05) is 31.3 Å². The molecule has 0 spiro atoms. The van der Waals surface area contributed by atoms with E-state index in [1.54, 1.807) is 23.9 Å². The van der Waals surface area contributed by atoms with Crippen LogP contribution in [0, 0.1) is 5.92 Å². The maximum Gasteiger partial charge on any atom is 0.256 e. The van der Waals surface area contributed by atoms with Crippen LogP contribution in [0.2, 0.25) is 0 Å². The number of carbonyl (C=O) groups is 1. The van der Waals surface area contributed by atoms with Crippen LogP contribution < -0.4 is 16.2 Å². The Balaban J connectivity index is 1.72. The number of pyridine rings is 1. The van der Waals surface area contributed by atoms with Crippen LogP contribution in [0.15, 0.2) is 23.1 Å². The van der Waals surface area contributed by atoms with Crippen LogP contribution in [0.5, 0.6) is 0 Å². The van der Waals surface area contributed by atoms with E-state index >= 15 is 0 Å². The quantitative estimate of drug-likeness (QED) is 0.768. The Morgan fingerprint density at radius 2 is 2.08 bits per heavy atom. The molecule has 2 aliphatic rings. The van der Waals surface area contributed by atoms with Gasteiger partial charge in [0.1, 0.15) is 5.60 Å². The van der Waals surface area contributed by atoms with Gasteiger partial charge in [-0.15, -0.1) is 11.6 Å². The standard InChI is InChI=1S/C19H28ClN3O3/c1-26-19(8-10-21-11-9-19)18(25)22-15-6-7-17(24)23(13-15)12-14-4-2-3-5-16(14)20/h6-7,13-14,16,21H,2-5,8-12H2,1H3,(H,22,25). The smallest absolute Gasteiger partial charge is 0.256 e. The van der Waals surface area contributed by atoms with Gasteiger partial charge in [-0.05, 0) is 50.8 Å². The summed E-state index contributed by atoms with van der Waals surface area (Å²) >= 11 is 6.44. The summed E-state index contributed by atoms with van der Waals surface area (Å²) < 4.78 is 7.23. The normalized spacial score (nSPS) is 25.6. The Morgan fingerprint density at radius 1 is 1.35 bits per heavy atom. The monoisotopic (exact) mass is 381 g/mol. The number of hydrogen-bond acceptors (Lipinski definition) is 4. The average molecular weight is 382 g/mol. The fourth-order valence-electron chi connectivity index (χ4n) is 3.97. The van der Waals surface area contributed by atoms with Crippen molar-refractivity contribution in [3.63, 3.8) is 0 Å². The predicted molar refractivity (Wildman–Crippen MR) is 103 cm³/mol. The van der Waals surface area contributed by atoms with Crippen molar-refractivity contribution in [2.45, 2.75) is 56.0 Å². The molecule has 6 nitrogen and oxygen atoms in total. The third-order valence-electron chi connectivity index (χ3n) is 5.70. The molecule has 1 aliphatic heterocycles. The van der Waals surface area contributed by atoms with Crippen molar-refractivity contribution in [2.24, 2.45) is 5.92 Å². The Labute approximate surface area is 159 Å². The predicted octanol–water partition coefficient (Wildman–Crippen LogP) is 2.35. The molecule has 2 N–H and O–H groups in total. The molecule has 2 heterocycles. The van der Waals surface area contributed by atoms with Gasteiger partial charge in [0.2, 0.25) is 0 Å². The molecular weight excluding hydrogens is 354 g/mol. The number of piperidine rings is 1. The average Bonchev–Trinajstić information content (AvgIpc) is 2.66. The van der Waals surface area contributed by atoms with E-state index in [-0.39, 0.29) is 16.8 Å². The lowest BCUT2D eigenvalue weighted by atomic mass is 9.88. The summed E-state index contributed by atoms with van der Waals surface area (Å²) in [6.45, 7) is 2.09. The molecule has 2 fully saturated rings. The molecule has 144 valence electrons. The molecule has 2 unspecified atom stereocenters. The number of carbonyl (C=O) groups excluding carboxylic acids is 1. The summed E-state index contributed by atoms with van der Waals surface area (Å²) in [7, 11) is 1.58. The summed E-state index contributed by atoms with van der Waals surface area (Å²) in [6, 6.07) is 3.16. The number of aromatic nitrogens is 1. The highest BCUT2D eigenvalue weighted by atomic mass is 35.5. The first-order valence-corrected chi connectivity index (χ1v) is 9.89. The first kappa shape index (κ1) is 19.4. The van der Waals surface area contributed by atoms with E-state index in [4.69, 9.17) is 16.3 Å². The van der Waals surface area contributed by atoms with Gasteiger partial charge in [-0.2, -0.15) is 0 Å². The molecule has 2 atom stereocenters. The number of hydrogen-bond donors (Lipinski definition) is 2. The minimum atomic E-state index is -0.809. The van der Waals surface area contributed by atoms with Crippen LogP contribution in [-0.2, 0) is 16.1 Å². The summed E-state index contributed by atoms with van der Waals surface area (Å²) in [5.41, 5.74) is -0.260. The van der Waals surface area contributed by atoms with Crippen molar-refractivity contribution in [3.8, 4) is 0 Å². The largest absolute Gasteiger partial charge is 0.368 e. The lowest BCUT2D eigenvalue weighted by Gasteiger charge is -2.34. The third-order valence-corrected chi connectivity index (χ3v) is 6.28. The number of rotatable bonds is 5. The van der Waals surface area contributed by atoms with Crippen molar-refractivity contribution < 1.29 is 9.53 Å². The molecule has 7 heteroatoms. The van der Waals surface area contributed by atoms with Crippen molar-refractivity contribution in [1.82, 2.24) is 9.88 Å². The molecule has 0 radical (unpaired) electrons. The second-order valence-electron chi connectivity index (χ2n) is 7.37. The molecule has 0 aromatic carbocycles. The van der Waals surface area contributed by atoms with E-state index in [2.05, 4.69) is 10.6 Å². The third kappa shape index (κ3) is 4.30. The van der Waals surface area contributed by atoms with Gasteiger partial charge < -0.3 is 19.9 Å². The number of nitrogens with one attached hydrogen (secondary N) is 2. The Hall–Kier alpha value is -1.37. The zero-order valence-corrected chi connectivity index (χ0v) is 16.1. The highest BCUT2D eigenvalue weighted by Gasteiger charge is 2.39. The highest BCUT2D eigenvalue weighted by molar-refractivity contribution is 6.20. The topological polar surface area (TPSA) is 72.4 Å². The zero-order valence-electron chi connectivity index (χ0n) is 15.3. The second-order valence-corrected chi connectivity index (χ2v) is 7.93. The van der Waals surface area contributed by atoms with Crippen LogP contribution in [0.3, 0.4) is 0 Å². The molecule has 3 rings (SSSR count). The first-order valence-electron chi connectivity index (χ1n) is 9.46. The van der Waals surface area contributed by atoms with E-state index in [9.17, 15) is 9.59 Å². The first-order chi connectivity index (χ1) is 12.5. The number of ether oxygens (including phenoxy) is 1. The fraction of sp³-hybridized carbons (Fsp3) is 0.684. The summed E-state index contributed by atoms with van der Waals surface area (Å²) in [5, 5.41) is 6.29.